The lowest BCUT2D eigenvalue weighted by molar-refractivity contribution is -0.121. The van der Waals surface area contributed by atoms with Gasteiger partial charge in [0, 0.05) is 6.20 Å². The zero-order chi connectivity index (χ0) is 11.4. The van der Waals surface area contributed by atoms with Gasteiger partial charge in [-0.1, -0.05) is 6.42 Å². The molecular formula is C9H15FN4O. The maximum Gasteiger partial charge on any atom is 0.222 e. The molecule has 1 saturated carbocycles. The van der Waals surface area contributed by atoms with E-state index in [1.165, 1.54) is 0 Å². The Balaban J connectivity index is 2.76. The molecule has 6 heteroatoms. The topological polar surface area (TPSA) is 107 Å². The minimum Gasteiger partial charge on any atom is -0.402 e. The molecule has 0 saturated heterocycles. The Labute approximate surface area is 87.2 Å². The van der Waals surface area contributed by atoms with Crippen LogP contribution in [0, 0.1) is 5.92 Å². The highest BCUT2D eigenvalue weighted by Crippen LogP contribution is 2.28. The first-order valence-electron chi connectivity index (χ1n) is 4.76. The lowest BCUT2D eigenvalue weighted by Gasteiger charge is -2.12. The molecule has 84 valence electrons. The summed E-state index contributed by atoms with van der Waals surface area (Å²) in [4.78, 5) is 14.9. The molecule has 0 aliphatic heterocycles. The largest absolute Gasteiger partial charge is 0.402 e. The molecule has 15 heavy (non-hydrogen) atoms. The van der Waals surface area contributed by atoms with Gasteiger partial charge >= 0.3 is 0 Å². The van der Waals surface area contributed by atoms with Crippen molar-refractivity contribution in [1.82, 2.24) is 0 Å². The molecule has 0 spiro atoms. The summed E-state index contributed by atoms with van der Waals surface area (Å²) in [5, 5.41) is 0. The highest BCUT2D eigenvalue weighted by Gasteiger charge is 2.31. The van der Waals surface area contributed by atoms with Gasteiger partial charge in [-0.15, -0.1) is 0 Å². The van der Waals surface area contributed by atoms with Crippen LogP contribution in [0.15, 0.2) is 17.0 Å². The van der Waals surface area contributed by atoms with Gasteiger partial charge in [-0.25, -0.2) is 4.39 Å². The van der Waals surface area contributed by atoms with Crippen LogP contribution in [0.2, 0.25) is 0 Å². The zero-order valence-electron chi connectivity index (χ0n) is 8.32. The van der Waals surface area contributed by atoms with Crippen molar-refractivity contribution in [3.63, 3.8) is 0 Å². The van der Waals surface area contributed by atoms with Crippen molar-refractivity contribution in [3.8, 4) is 0 Å². The molecule has 1 aliphatic carbocycles. The number of hydrogen-bond acceptors (Lipinski definition) is 3. The van der Waals surface area contributed by atoms with Crippen LogP contribution in [-0.2, 0) is 4.79 Å². The number of hydrogen-bond donors (Lipinski definition) is 3. The number of amidine groups is 1. The third kappa shape index (κ3) is 2.68. The van der Waals surface area contributed by atoms with Crippen LogP contribution in [-0.4, -0.2) is 17.8 Å². The number of halogens is 1. The highest BCUT2D eigenvalue weighted by atomic mass is 19.1. The van der Waals surface area contributed by atoms with Gasteiger partial charge < -0.3 is 17.2 Å². The van der Waals surface area contributed by atoms with Crippen LogP contribution < -0.4 is 17.2 Å². The molecule has 0 radical (unpaired) electrons. The molecule has 2 unspecified atom stereocenters. The SMILES string of the molecule is N/C=C(/F)C(N)=NC1CCCC1C(N)=O. The van der Waals surface area contributed by atoms with Crippen molar-refractivity contribution in [2.75, 3.05) is 0 Å². The average Bonchev–Trinajstić information content (AvgIpc) is 2.64. The monoisotopic (exact) mass is 214 g/mol. The van der Waals surface area contributed by atoms with Crippen LogP contribution >= 0.6 is 0 Å². The molecule has 1 rings (SSSR count). The molecule has 2 atom stereocenters. The predicted octanol–water partition coefficient (Wildman–Crippen LogP) is -0.233. The van der Waals surface area contributed by atoms with Crippen LogP contribution in [0.5, 0.6) is 0 Å². The fourth-order valence-electron chi connectivity index (χ4n) is 1.75. The van der Waals surface area contributed by atoms with Gasteiger partial charge in [-0.3, -0.25) is 9.79 Å². The van der Waals surface area contributed by atoms with Crippen LogP contribution in [0.1, 0.15) is 19.3 Å². The first-order chi connectivity index (χ1) is 7.06. The number of primary amides is 1. The number of carbonyl (C=O) groups is 1. The van der Waals surface area contributed by atoms with Crippen molar-refractivity contribution in [3.05, 3.63) is 12.0 Å². The van der Waals surface area contributed by atoms with E-state index in [1.807, 2.05) is 0 Å². The molecular weight excluding hydrogens is 199 g/mol. The van der Waals surface area contributed by atoms with Gasteiger partial charge in [-0.05, 0) is 12.8 Å². The van der Waals surface area contributed by atoms with Crippen molar-refractivity contribution in [2.45, 2.75) is 25.3 Å². The van der Waals surface area contributed by atoms with Crippen molar-refractivity contribution < 1.29 is 9.18 Å². The summed E-state index contributed by atoms with van der Waals surface area (Å²) in [6, 6.07) is -0.312. The summed E-state index contributed by atoms with van der Waals surface area (Å²) in [6.45, 7) is 0. The van der Waals surface area contributed by atoms with E-state index in [2.05, 4.69) is 4.99 Å². The minimum absolute atomic E-state index is 0.268. The minimum atomic E-state index is -0.773. The normalized spacial score (nSPS) is 28.1. The second-order valence-corrected chi connectivity index (χ2v) is 3.54. The zero-order valence-corrected chi connectivity index (χ0v) is 8.32. The van der Waals surface area contributed by atoms with E-state index in [1.54, 1.807) is 0 Å². The average molecular weight is 214 g/mol. The van der Waals surface area contributed by atoms with Gasteiger partial charge in [0.1, 0.15) is 0 Å². The van der Waals surface area contributed by atoms with E-state index in [-0.39, 0.29) is 17.8 Å². The summed E-state index contributed by atoms with van der Waals surface area (Å²) in [7, 11) is 0. The molecule has 1 amide bonds. The molecule has 0 bridgehead atoms. The standard InChI is InChI=1S/C9H15FN4O/c10-6(4-11)8(12)14-7-3-1-2-5(7)9(13)15/h4-5,7H,1-3,11H2,(H2,12,14)(H2,13,15)/b6-4+. The lowest BCUT2D eigenvalue weighted by Crippen LogP contribution is -2.30. The number of nitrogens with two attached hydrogens (primary N) is 3. The molecule has 6 N–H and O–H groups in total. The van der Waals surface area contributed by atoms with Crippen LogP contribution in [0.25, 0.3) is 0 Å². The molecule has 0 aromatic carbocycles. The van der Waals surface area contributed by atoms with Crippen LogP contribution in [0.3, 0.4) is 0 Å². The molecule has 0 heterocycles. The smallest absolute Gasteiger partial charge is 0.222 e. The fourth-order valence-corrected chi connectivity index (χ4v) is 1.75. The number of nitrogens with zero attached hydrogens (tertiary/aromatic N) is 1. The van der Waals surface area contributed by atoms with E-state index >= 15 is 0 Å². The Morgan fingerprint density at radius 3 is 2.60 bits per heavy atom. The molecule has 1 fully saturated rings. The van der Waals surface area contributed by atoms with Crippen molar-refractivity contribution in [2.24, 2.45) is 28.1 Å². The summed E-state index contributed by atoms with van der Waals surface area (Å²) in [5.74, 6) is -1.79. The summed E-state index contributed by atoms with van der Waals surface area (Å²) >= 11 is 0. The Bertz CT molecular complexity index is 313. The summed E-state index contributed by atoms with van der Waals surface area (Å²) in [6.07, 6.45) is 2.98. The number of carbonyl (C=O) groups excluding carboxylic acids is 1. The third-order valence-corrected chi connectivity index (χ3v) is 2.54. The number of aliphatic imine (C=N–C) groups is 1. The predicted molar refractivity (Wildman–Crippen MR) is 55.3 cm³/mol. The quantitative estimate of drug-likeness (QED) is 0.446. The first kappa shape index (κ1) is 11.5. The highest BCUT2D eigenvalue weighted by molar-refractivity contribution is 5.95. The van der Waals surface area contributed by atoms with E-state index in [9.17, 15) is 9.18 Å². The summed E-state index contributed by atoms with van der Waals surface area (Å²) < 4.78 is 12.9. The maximum absolute atomic E-state index is 12.9. The second-order valence-electron chi connectivity index (χ2n) is 3.54. The van der Waals surface area contributed by atoms with E-state index < -0.39 is 11.7 Å². The van der Waals surface area contributed by atoms with Crippen molar-refractivity contribution >= 4 is 11.7 Å². The van der Waals surface area contributed by atoms with E-state index in [4.69, 9.17) is 17.2 Å². The molecule has 0 aromatic rings. The van der Waals surface area contributed by atoms with E-state index in [0.29, 0.717) is 12.8 Å². The molecule has 1 aliphatic rings. The number of amides is 1. The molecule has 5 nitrogen and oxygen atoms in total. The maximum atomic E-state index is 12.9. The lowest BCUT2D eigenvalue weighted by atomic mass is 10.0. The Kier molecular flexibility index (Phi) is 3.65. The Hall–Kier alpha value is -1.59. The van der Waals surface area contributed by atoms with Crippen molar-refractivity contribution in [1.29, 1.82) is 0 Å². The van der Waals surface area contributed by atoms with E-state index in [0.717, 1.165) is 12.6 Å². The van der Waals surface area contributed by atoms with Gasteiger partial charge in [0.15, 0.2) is 11.7 Å². The fraction of sp³-hybridized carbons (Fsp3) is 0.556. The second kappa shape index (κ2) is 4.77. The molecule has 0 aromatic heterocycles. The Morgan fingerprint density at radius 1 is 1.40 bits per heavy atom. The van der Waals surface area contributed by atoms with Gasteiger partial charge in [-0.2, -0.15) is 0 Å². The first-order valence-corrected chi connectivity index (χ1v) is 4.76. The summed E-state index contributed by atoms with van der Waals surface area (Å²) in [5.41, 5.74) is 15.5. The number of rotatable bonds is 3. The van der Waals surface area contributed by atoms with Gasteiger partial charge in [0.05, 0.1) is 12.0 Å². The third-order valence-electron chi connectivity index (χ3n) is 2.54. The van der Waals surface area contributed by atoms with Gasteiger partial charge in [0.25, 0.3) is 0 Å². The van der Waals surface area contributed by atoms with Gasteiger partial charge in [0.2, 0.25) is 5.91 Å². The van der Waals surface area contributed by atoms with Crippen LogP contribution in [0.4, 0.5) is 4.39 Å². The Morgan fingerprint density at radius 2 is 2.07 bits per heavy atom.